The molecule has 0 atom stereocenters. The predicted molar refractivity (Wildman–Crippen MR) is 74.5 cm³/mol. The van der Waals surface area contributed by atoms with Gasteiger partial charge in [0.05, 0.1) is 18.4 Å². The van der Waals surface area contributed by atoms with E-state index in [1.54, 1.807) is 6.07 Å². The minimum Gasteiger partial charge on any atom is -0.495 e. The van der Waals surface area contributed by atoms with Gasteiger partial charge in [-0.05, 0) is 36.8 Å². The lowest BCUT2D eigenvalue weighted by atomic mass is 10.2. The number of benzene rings is 1. The van der Waals surface area contributed by atoms with Gasteiger partial charge in [-0.15, -0.1) is 0 Å². The lowest BCUT2D eigenvalue weighted by Gasteiger charge is -2.13. The van der Waals surface area contributed by atoms with E-state index in [1.807, 2.05) is 6.92 Å². The van der Waals surface area contributed by atoms with Gasteiger partial charge >= 0.3 is 5.97 Å². The molecule has 0 aliphatic rings. The zero-order valence-electron chi connectivity index (χ0n) is 10.3. The van der Waals surface area contributed by atoms with Crippen molar-refractivity contribution in [3.8, 4) is 5.75 Å². The van der Waals surface area contributed by atoms with Crippen molar-refractivity contribution < 1.29 is 14.6 Å². The van der Waals surface area contributed by atoms with E-state index >= 15 is 0 Å². The SMILES string of the molecule is CCCNC(=S)Nc1cc(C(=O)O)ccc1OC. The molecule has 1 aromatic rings. The van der Waals surface area contributed by atoms with Gasteiger partial charge in [-0.25, -0.2) is 4.79 Å². The van der Waals surface area contributed by atoms with Gasteiger partial charge in [-0.3, -0.25) is 0 Å². The molecule has 0 bridgehead atoms. The fourth-order valence-corrected chi connectivity index (χ4v) is 1.56. The fourth-order valence-electron chi connectivity index (χ4n) is 1.34. The third kappa shape index (κ3) is 3.89. The summed E-state index contributed by atoms with van der Waals surface area (Å²) in [4.78, 5) is 10.9. The highest BCUT2D eigenvalue weighted by molar-refractivity contribution is 7.80. The van der Waals surface area contributed by atoms with Crippen LogP contribution in [0, 0.1) is 0 Å². The molecular weight excluding hydrogens is 252 g/mol. The second-order valence-corrected chi connectivity index (χ2v) is 4.01. The maximum atomic E-state index is 10.9. The molecule has 0 unspecified atom stereocenters. The molecule has 18 heavy (non-hydrogen) atoms. The maximum Gasteiger partial charge on any atom is 0.335 e. The van der Waals surface area contributed by atoms with Crippen molar-refractivity contribution >= 4 is 29.0 Å². The number of rotatable bonds is 5. The molecule has 0 fully saturated rings. The number of thiocarbonyl (C=S) groups is 1. The molecule has 0 heterocycles. The Morgan fingerprint density at radius 2 is 2.22 bits per heavy atom. The zero-order valence-corrected chi connectivity index (χ0v) is 11.1. The van der Waals surface area contributed by atoms with E-state index in [0.29, 0.717) is 16.5 Å². The number of anilines is 1. The number of carbonyl (C=O) groups is 1. The quantitative estimate of drug-likeness (QED) is 0.710. The number of carboxylic acids is 1. The summed E-state index contributed by atoms with van der Waals surface area (Å²) in [7, 11) is 1.52. The van der Waals surface area contributed by atoms with Crippen LogP contribution in [0.5, 0.6) is 5.75 Å². The Balaban J connectivity index is 2.87. The van der Waals surface area contributed by atoms with Crippen LogP contribution in [0.1, 0.15) is 23.7 Å². The normalized spacial score (nSPS) is 9.67. The van der Waals surface area contributed by atoms with Crippen LogP contribution in [0.25, 0.3) is 0 Å². The largest absolute Gasteiger partial charge is 0.495 e. The van der Waals surface area contributed by atoms with E-state index < -0.39 is 5.97 Å². The van der Waals surface area contributed by atoms with Crippen LogP contribution in [0.15, 0.2) is 18.2 Å². The van der Waals surface area contributed by atoms with Crippen LogP contribution in [0.2, 0.25) is 0 Å². The first-order valence-corrected chi connectivity index (χ1v) is 5.95. The minimum atomic E-state index is -0.992. The standard InChI is InChI=1S/C12H16N2O3S/c1-3-6-13-12(18)14-9-7-8(11(15)16)4-5-10(9)17-2/h4-5,7H,3,6H2,1-2H3,(H,15,16)(H2,13,14,18). The smallest absolute Gasteiger partial charge is 0.335 e. The molecule has 0 spiro atoms. The fraction of sp³-hybridized carbons (Fsp3) is 0.333. The van der Waals surface area contributed by atoms with Gasteiger partial charge in [-0.1, -0.05) is 6.92 Å². The van der Waals surface area contributed by atoms with Crippen LogP contribution in [0.4, 0.5) is 5.69 Å². The summed E-state index contributed by atoms with van der Waals surface area (Å²) >= 11 is 5.09. The first-order valence-electron chi connectivity index (χ1n) is 5.54. The number of carboxylic acid groups (broad SMARTS) is 1. The first-order chi connectivity index (χ1) is 8.58. The Bertz CT molecular complexity index is 449. The number of ether oxygens (including phenoxy) is 1. The van der Waals surface area contributed by atoms with Gasteiger partial charge in [0.25, 0.3) is 0 Å². The van der Waals surface area contributed by atoms with Gasteiger partial charge in [0.2, 0.25) is 0 Å². The maximum absolute atomic E-state index is 10.9. The molecular formula is C12H16N2O3S. The van der Waals surface area contributed by atoms with Crippen LogP contribution in [-0.4, -0.2) is 29.8 Å². The predicted octanol–water partition coefficient (Wildman–Crippen LogP) is 2.09. The molecule has 3 N–H and O–H groups in total. The highest BCUT2D eigenvalue weighted by atomic mass is 32.1. The van der Waals surface area contributed by atoms with E-state index in [-0.39, 0.29) is 5.56 Å². The third-order valence-corrected chi connectivity index (χ3v) is 2.48. The van der Waals surface area contributed by atoms with E-state index in [1.165, 1.54) is 19.2 Å². The molecule has 0 amide bonds. The molecule has 0 saturated heterocycles. The summed E-state index contributed by atoms with van der Waals surface area (Å²) in [6.07, 6.45) is 0.953. The summed E-state index contributed by atoms with van der Waals surface area (Å²) in [5.41, 5.74) is 0.711. The monoisotopic (exact) mass is 268 g/mol. The van der Waals surface area contributed by atoms with E-state index in [9.17, 15) is 4.79 Å². The van der Waals surface area contributed by atoms with Crippen molar-refractivity contribution in [3.05, 3.63) is 23.8 Å². The van der Waals surface area contributed by atoms with E-state index in [2.05, 4.69) is 10.6 Å². The molecule has 5 nitrogen and oxygen atoms in total. The van der Waals surface area contributed by atoms with Crippen LogP contribution < -0.4 is 15.4 Å². The summed E-state index contributed by atoms with van der Waals surface area (Å²) in [6, 6.07) is 4.56. The summed E-state index contributed by atoms with van der Waals surface area (Å²) in [5, 5.41) is 15.3. The van der Waals surface area contributed by atoms with Crippen molar-refractivity contribution in [2.45, 2.75) is 13.3 Å². The first kappa shape index (κ1) is 14.2. The van der Waals surface area contributed by atoms with Gasteiger partial charge in [0.15, 0.2) is 5.11 Å². The van der Waals surface area contributed by atoms with Crippen LogP contribution in [-0.2, 0) is 0 Å². The van der Waals surface area contributed by atoms with Gasteiger partial charge < -0.3 is 20.5 Å². The van der Waals surface area contributed by atoms with Gasteiger partial charge in [-0.2, -0.15) is 0 Å². The van der Waals surface area contributed by atoms with Crippen molar-refractivity contribution in [3.63, 3.8) is 0 Å². The van der Waals surface area contributed by atoms with Crippen molar-refractivity contribution in [2.24, 2.45) is 0 Å². The number of hydrogen-bond acceptors (Lipinski definition) is 3. The minimum absolute atomic E-state index is 0.177. The number of hydrogen-bond donors (Lipinski definition) is 3. The molecule has 98 valence electrons. The summed E-state index contributed by atoms with van der Waals surface area (Å²) < 4.78 is 5.14. The van der Waals surface area contributed by atoms with Crippen molar-refractivity contribution in [1.29, 1.82) is 0 Å². The van der Waals surface area contributed by atoms with E-state index in [4.69, 9.17) is 22.1 Å². The molecule has 1 aromatic carbocycles. The molecule has 0 aliphatic heterocycles. The zero-order chi connectivity index (χ0) is 13.5. The molecule has 0 aromatic heterocycles. The Kier molecular flexibility index (Phi) is 5.38. The highest BCUT2D eigenvalue weighted by Gasteiger charge is 2.09. The summed E-state index contributed by atoms with van der Waals surface area (Å²) in [5.74, 6) is -0.450. The Labute approximate surface area is 111 Å². The van der Waals surface area contributed by atoms with Crippen molar-refractivity contribution in [2.75, 3.05) is 19.0 Å². The van der Waals surface area contributed by atoms with Gasteiger partial charge in [0, 0.05) is 6.54 Å². The Morgan fingerprint density at radius 3 is 2.78 bits per heavy atom. The topological polar surface area (TPSA) is 70.6 Å². The average Bonchev–Trinajstić information content (AvgIpc) is 2.36. The second-order valence-electron chi connectivity index (χ2n) is 3.60. The molecule has 6 heteroatoms. The number of aromatic carboxylic acids is 1. The Hall–Kier alpha value is -1.82. The van der Waals surface area contributed by atoms with Crippen LogP contribution >= 0.6 is 12.2 Å². The Morgan fingerprint density at radius 1 is 1.50 bits per heavy atom. The number of nitrogens with one attached hydrogen (secondary N) is 2. The molecule has 0 saturated carbocycles. The molecule has 0 radical (unpaired) electrons. The molecule has 1 rings (SSSR count). The number of methoxy groups -OCH3 is 1. The lowest BCUT2D eigenvalue weighted by molar-refractivity contribution is 0.0697. The van der Waals surface area contributed by atoms with Gasteiger partial charge in [0.1, 0.15) is 5.75 Å². The second kappa shape index (κ2) is 6.80. The van der Waals surface area contributed by atoms with Crippen LogP contribution in [0.3, 0.4) is 0 Å². The average molecular weight is 268 g/mol. The highest BCUT2D eigenvalue weighted by Crippen LogP contribution is 2.25. The lowest BCUT2D eigenvalue weighted by Crippen LogP contribution is -2.29. The van der Waals surface area contributed by atoms with E-state index in [0.717, 1.165) is 13.0 Å². The molecule has 0 aliphatic carbocycles. The van der Waals surface area contributed by atoms with Crippen molar-refractivity contribution in [1.82, 2.24) is 5.32 Å². The summed E-state index contributed by atoms with van der Waals surface area (Å²) in [6.45, 7) is 2.79. The third-order valence-electron chi connectivity index (χ3n) is 2.23.